The van der Waals surface area contributed by atoms with Crippen molar-refractivity contribution in [3.8, 4) is 0 Å². The maximum absolute atomic E-state index is 3.99. The zero-order valence-corrected chi connectivity index (χ0v) is 17.2. The standard InChI is InChI=1S/C25H42/c1-5-7-10-19-12-13-22-20-17-18(6-2)21-11-8-9-15-25(21,4)23(20)14-16-24(19,22)3/h5,18-23H,1,6-17H2,2-4H3/t18-,19?,20?,21?,22?,23-,24?,25?/m0/s1. The summed E-state index contributed by atoms with van der Waals surface area (Å²) in [5.41, 5.74) is 1.34. The zero-order valence-electron chi connectivity index (χ0n) is 17.2. The molecule has 0 N–H and O–H groups in total. The molecule has 0 heteroatoms. The first kappa shape index (κ1) is 18.1. The predicted molar refractivity (Wildman–Crippen MR) is 108 cm³/mol. The van der Waals surface area contributed by atoms with Gasteiger partial charge in [-0.2, -0.15) is 0 Å². The molecule has 0 aromatic rings. The van der Waals surface area contributed by atoms with Gasteiger partial charge in [0, 0.05) is 0 Å². The number of fused-ring (bicyclic) bond motifs is 5. The first-order valence-corrected chi connectivity index (χ1v) is 11.7. The van der Waals surface area contributed by atoms with E-state index < -0.39 is 0 Å². The fourth-order valence-corrected chi connectivity index (χ4v) is 8.92. The molecular formula is C25H42. The van der Waals surface area contributed by atoms with Crippen molar-refractivity contribution in [3.63, 3.8) is 0 Å². The highest BCUT2D eigenvalue weighted by molar-refractivity contribution is 5.10. The Morgan fingerprint density at radius 3 is 2.48 bits per heavy atom. The van der Waals surface area contributed by atoms with E-state index in [1.54, 1.807) is 25.7 Å². The monoisotopic (exact) mass is 342 g/mol. The molecule has 4 saturated carbocycles. The van der Waals surface area contributed by atoms with E-state index in [-0.39, 0.29) is 0 Å². The number of rotatable bonds is 4. The van der Waals surface area contributed by atoms with Gasteiger partial charge in [0.25, 0.3) is 0 Å². The number of allylic oxidation sites excluding steroid dienone is 1. The third kappa shape index (κ3) is 2.68. The van der Waals surface area contributed by atoms with Crippen molar-refractivity contribution in [1.29, 1.82) is 0 Å². The van der Waals surface area contributed by atoms with Crippen LogP contribution in [0.3, 0.4) is 0 Å². The Labute approximate surface area is 157 Å². The summed E-state index contributed by atoms with van der Waals surface area (Å²) in [7, 11) is 0. The van der Waals surface area contributed by atoms with Crippen molar-refractivity contribution >= 4 is 0 Å². The SMILES string of the molecule is C=CCCC1CCC2C3C[C@H](CC)C4CCCCC4(C)[C@H]3CCC12C. The van der Waals surface area contributed by atoms with Crippen LogP contribution in [0.4, 0.5) is 0 Å². The molecule has 4 rings (SSSR count). The van der Waals surface area contributed by atoms with Crippen LogP contribution in [0, 0.1) is 46.3 Å². The second-order valence-electron chi connectivity index (χ2n) is 10.8. The van der Waals surface area contributed by atoms with Crippen molar-refractivity contribution in [1.82, 2.24) is 0 Å². The van der Waals surface area contributed by atoms with E-state index in [0.717, 1.165) is 35.5 Å². The molecule has 0 spiro atoms. The van der Waals surface area contributed by atoms with Gasteiger partial charge in [-0.15, -0.1) is 6.58 Å². The lowest BCUT2D eigenvalue weighted by atomic mass is 9.42. The largest absolute Gasteiger partial charge is 0.103 e. The molecule has 0 aliphatic heterocycles. The van der Waals surface area contributed by atoms with Crippen LogP contribution in [0.15, 0.2) is 12.7 Å². The molecule has 0 saturated heterocycles. The van der Waals surface area contributed by atoms with Crippen LogP contribution in [0.5, 0.6) is 0 Å². The Morgan fingerprint density at radius 2 is 1.72 bits per heavy atom. The maximum atomic E-state index is 3.99. The van der Waals surface area contributed by atoms with Crippen LogP contribution in [-0.4, -0.2) is 0 Å². The summed E-state index contributed by atoms with van der Waals surface area (Å²) in [6, 6.07) is 0. The molecule has 25 heavy (non-hydrogen) atoms. The summed E-state index contributed by atoms with van der Waals surface area (Å²) in [6.45, 7) is 11.9. The molecule has 4 fully saturated rings. The van der Waals surface area contributed by atoms with E-state index in [2.05, 4.69) is 33.4 Å². The number of hydrogen-bond acceptors (Lipinski definition) is 0. The van der Waals surface area contributed by atoms with E-state index in [9.17, 15) is 0 Å². The van der Waals surface area contributed by atoms with Crippen molar-refractivity contribution < 1.29 is 0 Å². The molecule has 8 atom stereocenters. The van der Waals surface area contributed by atoms with E-state index in [4.69, 9.17) is 0 Å². The summed E-state index contributed by atoms with van der Waals surface area (Å²) in [4.78, 5) is 0. The Balaban J connectivity index is 1.61. The predicted octanol–water partition coefficient (Wildman–Crippen LogP) is 7.64. The minimum absolute atomic E-state index is 0.653. The van der Waals surface area contributed by atoms with E-state index in [1.165, 1.54) is 51.4 Å². The molecule has 4 aliphatic rings. The van der Waals surface area contributed by atoms with Gasteiger partial charge < -0.3 is 0 Å². The number of hydrogen-bond donors (Lipinski definition) is 0. The highest BCUT2D eigenvalue weighted by Crippen LogP contribution is 2.69. The van der Waals surface area contributed by atoms with Gasteiger partial charge in [0.2, 0.25) is 0 Å². The first-order chi connectivity index (χ1) is 12.0. The Kier molecular flexibility index (Phi) is 4.87. The van der Waals surface area contributed by atoms with Crippen molar-refractivity contribution in [2.75, 3.05) is 0 Å². The van der Waals surface area contributed by atoms with Crippen LogP contribution < -0.4 is 0 Å². The summed E-state index contributed by atoms with van der Waals surface area (Å²) in [5.74, 6) is 6.20. The molecule has 0 aromatic heterocycles. The van der Waals surface area contributed by atoms with Crippen molar-refractivity contribution in [2.45, 2.75) is 97.8 Å². The molecule has 0 heterocycles. The van der Waals surface area contributed by atoms with Crippen molar-refractivity contribution in [2.24, 2.45) is 46.3 Å². The molecular weight excluding hydrogens is 300 g/mol. The lowest BCUT2D eigenvalue weighted by Crippen LogP contribution is -2.55. The van der Waals surface area contributed by atoms with Gasteiger partial charge in [0.1, 0.15) is 0 Å². The first-order valence-electron chi connectivity index (χ1n) is 11.7. The smallest absolute Gasteiger partial charge is 0.0264 e. The van der Waals surface area contributed by atoms with Gasteiger partial charge in [-0.3, -0.25) is 0 Å². The highest BCUT2D eigenvalue weighted by atomic mass is 14.7. The normalized spacial score (nSPS) is 52.1. The fraction of sp³-hybridized carbons (Fsp3) is 0.920. The zero-order chi connectivity index (χ0) is 17.7. The Hall–Kier alpha value is -0.260. The van der Waals surface area contributed by atoms with Crippen LogP contribution in [0.1, 0.15) is 97.8 Å². The quantitative estimate of drug-likeness (QED) is 0.460. The summed E-state index contributed by atoms with van der Waals surface area (Å²) in [5, 5.41) is 0. The highest BCUT2D eigenvalue weighted by Gasteiger charge is 2.60. The second kappa shape index (κ2) is 6.72. The van der Waals surface area contributed by atoms with Gasteiger partial charge in [-0.25, -0.2) is 0 Å². The molecule has 0 bridgehead atoms. The van der Waals surface area contributed by atoms with E-state index >= 15 is 0 Å². The van der Waals surface area contributed by atoms with Crippen LogP contribution in [-0.2, 0) is 0 Å². The van der Waals surface area contributed by atoms with E-state index in [1.807, 2.05) is 0 Å². The lowest BCUT2D eigenvalue weighted by molar-refractivity contribution is -0.135. The van der Waals surface area contributed by atoms with Gasteiger partial charge >= 0.3 is 0 Å². The average molecular weight is 343 g/mol. The van der Waals surface area contributed by atoms with Gasteiger partial charge in [0.15, 0.2) is 0 Å². The summed E-state index contributed by atoms with van der Waals surface area (Å²) >= 11 is 0. The molecule has 0 radical (unpaired) electrons. The minimum Gasteiger partial charge on any atom is -0.103 e. The third-order valence-corrected chi connectivity index (χ3v) is 10.2. The van der Waals surface area contributed by atoms with Crippen LogP contribution in [0.25, 0.3) is 0 Å². The summed E-state index contributed by atoms with van der Waals surface area (Å²) in [6.07, 6.45) is 20.0. The van der Waals surface area contributed by atoms with Crippen molar-refractivity contribution in [3.05, 3.63) is 12.7 Å². The van der Waals surface area contributed by atoms with Crippen LogP contribution >= 0.6 is 0 Å². The van der Waals surface area contributed by atoms with Gasteiger partial charge in [-0.1, -0.05) is 46.1 Å². The molecule has 6 unspecified atom stereocenters. The summed E-state index contributed by atoms with van der Waals surface area (Å²) < 4.78 is 0. The maximum Gasteiger partial charge on any atom is -0.0264 e. The second-order valence-corrected chi connectivity index (χ2v) is 10.8. The van der Waals surface area contributed by atoms with Crippen LogP contribution in [0.2, 0.25) is 0 Å². The van der Waals surface area contributed by atoms with Gasteiger partial charge in [0.05, 0.1) is 0 Å². The molecule has 4 aliphatic carbocycles. The minimum atomic E-state index is 0.653. The molecule has 0 aromatic carbocycles. The Morgan fingerprint density at radius 1 is 0.920 bits per heavy atom. The van der Waals surface area contributed by atoms with Gasteiger partial charge in [-0.05, 0) is 104 Å². The molecule has 0 nitrogen and oxygen atoms in total. The molecule has 0 amide bonds. The molecule has 142 valence electrons. The average Bonchev–Trinajstić information content (AvgIpc) is 2.95. The fourth-order valence-electron chi connectivity index (χ4n) is 8.92. The third-order valence-electron chi connectivity index (χ3n) is 10.2. The lowest BCUT2D eigenvalue weighted by Gasteiger charge is -2.62. The Bertz CT molecular complexity index is 492. The van der Waals surface area contributed by atoms with E-state index in [0.29, 0.717) is 10.8 Å². The topological polar surface area (TPSA) is 0 Å².